The summed E-state index contributed by atoms with van der Waals surface area (Å²) in [6, 6.07) is 18.2. The smallest absolute Gasteiger partial charge is 0.373 e. The Morgan fingerprint density at radius 1 is 0.914 bits per heavy atom. The van der Waals surface area contributed by atoms with Crippen molar-refractivity contribution >= 4 is 31.8 Å². The number of nitrogens with zero attached hydrogens (tertiary/aromatic N) is 1. The summed E-state index contributed by atoms with van der Waals surface area (Å²) in [6.07, 6.45) is 4.91. The summed E-state index contributed by atoms with van der Waals surface area (Å²) in [5.41, 5.74) is 3.03. The highest BCUT2D eigenvalue weighted by molar-refractivity contribution is 6.62. The summed E-state index contributed by atoms with van der Waals surface area (Å²) in [7, 11) is -2.85. The summed E-state index contributed by atoms with van der Waals surface area (Å²) in [6.45, 7) is 14.8. The number of anilines is 3. The lowest BCUT2D eigenvalue weighted by Crippen LogP contribution is -2.50. The lowest BCUT2D eigenvalue weighted by Gasteiger charge is -2.35. The first kappa shape index (κ1) is 28.8. The molecule has 2 aromatic carbocycles. The Kier molecular flexibility index (Phi) is 12.8. The van der Waals surface area contributed by atoms with Crippen LogP contribution < -0.4 is 10.2 Å². The Hall–Kier alpha value is -2.45. The van der Waals surface area contributed by atoms with Crippen LogP contribution in [-0.4, -0.2) is 41.1 Å². The van der Waals surface area contributed by atoms with Gasteiger partial charge in [-0.25, -0.2) is 0 Å². The van der Waals surface area contributed by atoms with Crippen molar-refractivity contribution in [1.29, 1.82) is 0 Å². The van der Waals surface area contributed by atoms with Crippen LogP contribution in [0.5, 0.6) is 0 Å². The van der Waals surface area contributed by atoms with E-state index in [0.29, 0.717) is 19.8 Å². The number of carbonyl (C=O) groups excluding carboxylic acids is 1. The molecule has 2 aromatic rings. The van der Waals surface area contributed by atoms with Gasteiger partial charge in [-0.3, -0.25) is 4.79 Å². The lowest BCUT2D eigenvalue weighted by molar-refractivity contribution is -0.111. The third-order valence-electron chi connectivity index (χ3n) is 5.61. The molecule has 0 aliphatic rings. The van der Waals surface area contributed by atoms with Crippen LogP contribution in [0.4, 0.5) is 17.1 Å². The third-order valence-corrected chi connectivity index (χ3v) is 8.93. The first-order valence-corrected chi connectivity index (χ1v) is 14.6. The molecule has 35 heavy (non-hydrogen) atoms. The summed E-state index contributed by atoms with van der Waals surface area (Å²) >= 11 is 0. The summed E-state index contributed by atoms with van der Waals surface area (Å²) < 4.78 is 19.1. The Bertz CT molecular complexity index is 855. The molecule has 7 heteroatoms. The molecule has 6 nitrogen and oxygen atoms in total. The summed E-state index contributed by atoms with van der Waals surface area (Å²) in [5.74, 6) is -0.223. The molecular weight excluding hydrogens is 456 g/mol. The van der Waals surface area contributed by atoms with Crippen LogP contribution in [0.15, 0.2) is 67.3 Å². The van der Waals surface area contributed by atoms with Gasteiger partial charge in [-0.1, -0.05) is 52.5 Å². The molecule has 0 saturated carbocycles. The van der Waals surface area contributed by atoms with Crippen LogP contribution >= 0.6 is 0 Å². The molecule has 0 spiro atoms. The fourth-order valence-electron chi connectivity index (χ4n) is 3.72. The minimum Gasteiger partial charge on any atom is -0.373 e. The van der Waals surface area contributed by atoms with Gasteiger partial charge < -0.3 is 23.5 Å². The average Bonchev–Trinajstić information content (AvgIpc) is 2.90. The summed E-state index contributed by atoms with van der Waals surface area (Å²) in [4.78, 5) is 13.9. The fourth-order valence-corrected chi connectivity index (χ4v) is 6.77. The molecule has 0 radical (unpaired) electrons. The highest BCUT2D eigenvalue weighted by atomic mass is 28.4. The van der Waals surface area contributed by atoms with Crippen LogP contribution in [-0.2, 0) is 18.1 Å². The van der Waals surface area contributed by atoms with E-state index in [9.17, 15) is 4.79 Å². The second-order valence-corrected chi connectivity index (χ2v) is 11.6. The van der Waals surface area contributed by atoms with Gasteiger partial charge >= 0.3 is 8.80 Å². The number of para-hydroxylation sites is 1. The topological polar surface area (TPSA) is 60.0 Å². The van der Waals surface area contributed by atoms with Gasteiger partial charge in [0.1, 0.15) is 0 Å². The quantitative estimate of drug-likeness (QED) is 0.189. The molecular formula is C28H42N2O4Si. The van der Waals surface area contributed by atoms with E-state index in [4.69, 9.17) is 13.3 Å². The standard InChI is InChI=1S/C28H42N2O4Si/c1-6-21-32-35(33-22-7-2,34-23-8-3)24(5)19-20-30(26-13-11-10-12-14-26)27-17-15-25(16-18-27)29-28(31)9-4/h9-18,24H,4,6-8,19-23H2,1-3,5H3,(H,29,31). The number of hydrogen-bond donors (Lipinski definition) is 1. The van der Waals surface area contributed by atoms with Crippen molar-refractivity contribution in [2.24, 2.45) is 0 Å². The summed E-state index contributed by atoms with van der Waals surface area (Å²) in [5, 5.41) is 2.81. The molecule has 0 aliphatic heterocycles. The van der Waals surface area contributed by atoms with E-state index in [2.05, 4.69) is 56.6 Å². The Morgan fingerprint density at radius 2 is 1.43 bits per heavy atom. The van der Waals surface area contributed by atoms with Crippen LogP contribution in [0.2, 0.25) is 5.54 Å². The molecule has 1 amide bonds. The van der Waals surface area contributed by atoms with Crippen LogP contribution in [0.1, 0.15) is 53.4 Å². The molecule has 0 bridgehead atoms. The molecule has 0 saturated heterocycles. The van der Waals surface area contributed by atoms with Crippen molar-refractivity contribution in [2.45, 2.75) is 58.9 Å². The van der Waals surface area contributed by atoms with Crippen LogP contribution in [0, 0.1) is 0 Å². The predicted octanol–water partition coefficient (Wildman–Crippen LogP) is 6.95. The van der Waals surface area contributed by atoms with E-state index in [1.165, 1.54) is 6.08 Å². The third kappa shape index (κ3) is 8.93. The molecule has 1 unspecified atom stereocenters. The van der Waals surface area contributed by atoms with Gasteiger partial charge in [0, 0.05) is 49.0 Å². The molecule has 1 N–H and O–H groups in total. The van der Waals surface area contributed by atoms with E-state index in [1.54, 1.807) is 0 Å². The molecule has 1 atom stereocenters. The van der Waals surface area contributed by atoms with E-state index in [0.717, 1.165) is 49.3 Å². The van der Waals surface area contributed by atoms with Crippen molar-refractivity contribution in [3.63, 3.8) is 0 Å². The average molecular weight is 499 g/mol. The van der Waals surface area contributed by atoms with Gasteiger partial charge in [-0.05, 0) is 68.2 Å². The molecule has 0 fully saturated rings. The van der Waals surface area contributed by atoms with Gasteiger partial charge in [0.15, 0.2) is 0 Å². The van der Waals surface area contributed by atoms with Crippen molar-refractivity contribution in [1.82, 2.24) is 0 Å². The highest BCUT2D eigenvalue weighted by Crippen LogP contribution is 2.33. The number of amides is 1. The van der Waals surface area contributed by atoms with Crippen molar-refractivity contribution in [3.05, 3.63) is 67.3 Å². The Morgan fingerprint density at radius 3 is 1.91 bits per heavy atom. The Labute approximate surface area is 212 Å². The number of carbonyl (C=O) groups is 1. The van der Waals surface area contributed by atoms with E-state index < -0.39 is 8.80 Å². The van der Waals surface area contributed by atoms with Gasteiger partial charge in [0.2, 0.25) is 5.91 Å². The number of nitrogens with one attached hydrogen (secondary N) is 1. The second kappa shape index (κ2) is 15.5. The van der Waals surface area contributed by atoms with Crippen molar-refractivity contribution in [3.8, 4) is 0 Å². The van der Waals surface area contributed by atoms with Crippen molar-refractivity contribution < 1.29 is 18.1 Å². The normalized spacial score (nSPS) is 12.2. The second-order valence-electron chi connectivity index (χ2n) is 8.57. The zero-order valence-corrected chi connectivity index (χ0v) is 22.8. The van der Waals surface area contributed by atoms with E-state index >= 15 is 0 Å². The van der Waals surface area contributed by atoms with Gasteiger partial charge in [0.05, 0.1) is 0 Å². The minimum atomic E-state index is -2.85. The molecule has 0 aliphatic carbocycles. The SMILES string of the molecule is C=CC(=O)Nc1ccc(N(CCC(C)[Si](OCCC)(OCCC)OCCC)c2ccccc2)cc1. The predicted molar refractivity (Wildman–Crippen MR) is 147 cm³/mol. The maximum absolute atomic E-state index is 11.6. The largest absolute Gasteiger partial charge is 0.504 e. The Balaban J connectivity index is 2.26. The van der Waals surface area contributed by atoms with Crippen LogP contribution in [0.25, 0.3) is 0 Å². The number of benzene rings is 2. The maximum Gasteiger partial charge on any atom is 0.504 e. The maximum atomic E-state index is 11.6. The fraction of sp³-hybridized carbons (Fsp3) is 0.464. The zero-order valence-electron chi connectivity index (χ0n) is 21.8. The van der Waals surface area contributed by atoms with E-state index in [1.807, 2.05) is 42.5 Å². The monoisotopic (exact) mass is 498 g/mol. The molecule has 192 valence electrons. The van der Waals surface area contributed by atoms with Gasteiger partial charge in [-0.15, -0.1) is 0 Å². The molecule has 2 rings (SSSR count). The van der Waals surface area contributed by atoms with Gasteiger partial charge in [0.25, 0.3) is 0 Å². The molecule has 0 heterocycles. The number of hydrogen-bond acceptors (Lipinski definition) is 5. The number of rotatable bonds is 17. The first-order valence-electron chi connectivity index (χ1n) is 12.8. The first-order chi connectivity index (χ1) is 17.0. The van der Waals surface area contributed by atoms with Crippen molar-refractivity contribution in [2.75, 3.05) is 36.6 Å². The highest BCUT2D eigenvalue weighted by Gasteiger charge is 2.47. The molecule has 0 aromatic heterocycles. The van der Waals surface area contributed by atoms with Gasteiger partial charge in [-0.2, -0.15) is 0 Å². The minimum absolute atomic E-state index is 0.143. The lowest BCUT2D eigenvalue weighted by atomic mass is 10.2. The van der Waals surface area contributed by atoms with E-state index in [-0.39, 0.29) is 11.4 Å². The zero-order chi connectivity index (χ0) is 25.5. The van der Waals surface area contributed by atoms with Crippen LogP contribution in [0.3, 0.4) is 0 Å².